The number of aryl methyl sites for hydroxylation is 2. The van der Waals surface area contributed by atoms with Crippen LogP contribution in [0.2, 0.25) is 29.6 Å². The van der Waals surface area contributed by atoms with Crippen molar-refractivity contribution in [2.45, 2.75) is 314 Å². The molecule has 6 aromatic heterocycles. The van der Waals surface area contributed by atoms with Crippen molar-refractivity contribution in [1.82, 2.24) is 0 Å². The molecule has 0 aliphatic heterocycles. The van der Waals surface area contributed by atoms with E-state index in [1.54, 1.807) is 64.6 Å². The van der Waals surface area contributed by atoms with E-state index in [4.69, 9.17) is 0 Å². The topological polar surface area (TPSA) is 0 Å². The molecule has 0 nitrogen and oxygen atoms in total. The van der Waals surface area contributed by atoms with E-state index in [1.807, 2.05) is 0 Å². The van der Waals surface area contributed by atoms with Gasteiger partial charge >= 0.3 is 338 Å². The van der Waals surface area contributed by atoms with Crippen LogP contribution >= 0.6 is 68.0 Å². The summed E-state index contributed by atoms with van der Waals surface area (Å²) in [5.41, 5.74) is 3.43. The molecule has 440 valence electrons. The maximum atomic E-state index is 2.61. The van der Waals surface area contributed by atoms with Gasteiger partial charge in [0.25, 0.3) is 0 Å². The Balaban J connectivity index is 1.22. The SMILES string of the molecule is CCCCCCCCCCC(CCCCCCCC)CCCCc1c(-c2cc[c]([Sn]([CH3])([CH3])[CH3])s2)sc2c1sc1c3sc(-c4cc[c]([Sn]([CH3])([CH3])[CH3])s4)c(CCCCC(CCCCCCCC)CCCCCCCCCC)c3sc21. The molecule has 6 aromatic rings. The van der Waals surface area contributed by atoms with E-state index in [0.717, 1.165) is 11.8 Å². The van der Waals surface area contributed by atoms with E-state index in [1.165, 1.54) is 257 Å². The van der Waals surface area contributed by atoms with Crippen molar-refractivity contribution in [3.63, 3.8) is 0 Å². The zero-order valence-corrected chi connectivity index (χ0v) is 62.8. The van der Waals surface area contributed by atoms with Gasteiger partial charge in [0.05, 0.1) is 0 Å². The molecule has 0 saturated carbocycles. The molecule has 0 aliphatic rings. The van der Waals surface area contributed by atoms with Gasteiger partial charge in [-0.05, 0) is 0 Å². The molecule has 2 unspecified atom stereocenters. The Labute approximate surface area is 514 Å². The predicted molar refractivity (Wildman–Crippen MR) is 376 cm³/mol. The number of fused-ring (bicyclic) bond motifs is 5. The Kier molecular flexibility index (Phi) is 32.3. The van der Waals surface area contributed by atoms with Gasteiger partial charge in [-0.15, -0.1) is 0 Å². The van der Waals surface area contributed by atoms with Gasteiger partial charge in [0.2, 0.25) is 0 Å². The second-order valence-corrected chi connectivity index (χ2v) is 63.8. The van der Waals surface area contributed by atoms with Gasteiger partial charge in [-0.3, -0.25) is 0 Å². The van der Waals surface area contributed by atoms with Gasteiger partial charge in [0.15, 0.2) is 0 Å². The summed E-state index contributed by atoms with van der Waals surface area (Å²) < 4.78 is 13.3. The van der Waals surface area contributed by atoms with Crippen LogP contribution in [0, 0.1) is 11.8 Å². The molecule has 6 rings (SSSR count). The fourth-order valence-electron chi connectivity index (χ4n) is 12.5. The Morgan fingerprint density at radius 2 is 0.538 bits per heavy atom. The number of rotatable bonds is 46. The molecule has 0 saturated heterocycles. The summed E-state index contributed by atoms with van der Waals surface area (Å²) in [7, 11) is 0. The first-order chi connectivity index (χ1) is 37.9. The van der Waals surface area contributed by atoms with Crippen molar-refractivity contribution in [3.05, 3.63) is 35.4 Å². The van der Waals surface area contributed by atoms with Crippen LogP contribution in [0.1, 0.15) is 283 Å². The van der Waals surface area contributed by atoms with Gasteiger partial charge in [0, 0.05) is 0 Å². The Bertz CT molecular complexity index is 2330. The zero-order chi connectivity index (χ0) is 55.6. The molecule has 0 fully saturated rings. The van der Waals surface area contributed by atoms with Crippen molar-refractivity contribution in [3.8, 4) is 19.5 Å². The zero-order valence-electron chi connectivity index (χ0n) is 52.2. The van der Waals surface area contributed by atoms with Crippen LogP contribution in [0.15, 0.2) is 24.3 Å². The second-order valence-electron chi connectivity index (χ2n) is 26.7. The molecule has 0 radical (unpaired) electrons. The van der Waals surface area contributed by atoms with E-state index < -0.39 is 36.8 Å². The van der Waals surface area contributed by atoms with Crippen LogP contribution in [-0.4, -0.2) is 36.8 Å². The summed E-state index contributed by atoms with van der Waals surface area (Å²) in [5.74, 6) is 1.86. The predicted octanol–water partition coefficient (Wildman–Crippen LogP) is 27.2. The number of hydrogen-bond donors (Lipinski definition) is 0. The van der Waals surface area contributed by atoms with Crippen molar-refractivity contribution in [1.29, 1.82) is 0 Å². The van der Waals surface area contributed by atoms with Crippen molar-refractivity contribution >= 4 is 139 Å². The van der Waals surface area contributed by atoms with E-state index in [2.05, 4.69) is 150 Å². The molecular weight excluding hydrogens is 1270 g/mol. The second kappa shape index (κ2) is 37.2. The molecule has 0 bridgehead atoms. The molecule has 0 aliphatic carbocycles. The first-order valence-corrected chi connectivity index (χ1v) is 58.4. The number of unbranched alkanes of at least 4 members (excludes halogenated alkanes) is 26. The van der Waals surface area contributed by atoms with Gasteiger partial charge in [-0.2, -0.15) is 0 Å². The summed E-state index contributed by atoms with van der Waals surface area (Å²) in [6, 6.07) is 10.2. The minimum absolute atomic E-state index is 0.928. The molecule has 0 aromatic carbocycles. The number of hydrogen-bond acceptors (Lipinski definition) is 6. The quantitative estimate of drug-likeness (QED) is 0.0264. The fourth-order valence-corrected chi connectivity index (χ4v) is 31.6. The summed E-state index contributed by atoms with van der Waals surface area (Å²) in [6.07, 6.45) is 56.9. The van der Waals surface area contributed by atoms with Crippen molar-refractivity contribution < 1.29 is 0 Å². The van der Waals surface area contributed by atoms with Crippen LogP contribution in [0.3, 0.4) is 0 Å². The first kappa shape index (κ1) is 67.7. The molecule has 78 heavy (non-hydrogen) atoms. The monoisotopic (exact) mass is 1390 g/mol. The Morgan fingerprint density at radius 1 is 0.282 bits per heavy atom. The average Bonchev–Trinajstić information content (AvgIpc) is 4.48. The molecular formula is C70H116S6Sn2. The summed E-state index contributed by atoms with van der Waals surface area (Å²) in [6.45, 7) is 9.39. The first-order valence-electron chi connectivity index (χ1n) is 33.5. The molecule has 0 spiro atoms. The third kappa shape index (κ3) is 22.1. The van der Waals surface area contributed by atoms with Crippen LogP contribution in [0.25, 0.3) is 47.7 Å². The van der Waals surface area contributed by atoms with Crippen LogP contribution in [0.4, 0.5) is 0 Å². The van der Waals surface area contributed by atoms with Gasteiger partial charge in [-0.25, -0.2) is 0 Å². The summed E-state index contributed by atoms with van der Waals surface area (Å²) in [4.78, 5) is 22.1. The Morgan fingerprint density at radius 3 is 0.808 bits per heavy atom. The molecule has 2 atom stereocenters. The van der Waals surface area contributed by atoms with E-state index in [-0.39, 0.29) is 0 Å². The van der Waals surface area contributed by atoms with Gasteiger partial charge < -0.3 is 0 Å². The normalized spacial score (nSPS) is 13.4. The third-order valence-corrected chi connectivity index (χ3v) is 44.7. The standard InChI is InChI=1S/C64H98S6.6CH3.2Sn/c1-5-9-13-17-21-23-27-31-41-51(39-29-25-19-15-11-7-3)43-33-35-45-53-57(55-47-37-49-65-55)67-61-59(53)69-64-62-60(70-63(61)64)54(58(68-62)56-48-38-50-66-56)46-36-34-44-52(40-30-26-20-16-12-8-4)42-32-28-24-22-18-14-10-6-2;;;;;;;;/h37-38,47-48,51-52H,5-36,39-46H2,1-4H3;6*1H3;;. The van der Waals surface area contributed by atoms with Gasteiger partial charge in [0.1, 0.15) is 0 Å². The molecule has 8 heteroatoms. The van der Waals surface area contributed by atoms with Gasteiger partial charge in [-0.1, -0.05) is 182 Å². The van der Waals surface area contributed by atoms with Crippen molar-refractivity contribution in [2.24, 2.45) is 11.8 Å². The fraction of sp³-hybridized carbons (Fsp3) is 0.743. The summed E-state index contributed by atoms with van der Waals surface area (Å²) >= 11 is 8.74. The number of thiophene rings is 6. The van der Waals surface area contributed by atoms with E-state index in [9.17, 15) is 0 Å². The minimum atomic E-state index is -2.20. The summed E-state index contributed by atoms with van der Waals surface area (Å²) in [5, 5.41) is 0. The molecule has 6 heterocycles. The van der Waals surface area contributed by atoms with Crippen LogP contribution < -0.4 is 5.79 Å². The van der Waals surface area contributed by atoms with Crippen molar-refractivity contribution in [2.75, 3.05) is 0 Å². The molecule has 0 N–H and O–H groups in total. The average molecular weight is 1390 g/mol. The Hall–Kier alpha value is 0.577. The van der Waals surface area contributed by atoms with Crippen LogP contribution in [0.5, 0.6) is 0 Å². The third-order valence-electron chi connectivity index (χ3n) is 17.5. The maximum absolute atomic E-state index is 2.61. The van der Waals surface area contributed by atoms with Crippen LogP contribution in [-0.2, 0) is 12.8 Å². The van der Waals surface area contributed by atoms with E-state index >= 15 is 0 Å². The molecule has 0 amide bonds. The van der Waals surface area contributed by atoms with E-state index in [0.29, 0.717) is 0 Å².